The number of amides is 1. The number of nitrogens with one attached hydrogen (secondary N) is 2. The molecule has 0 fully saturated rings. The normalized spacial score (nSPS) is 10.9. The lowest BCUT2D eigenvalue weighted by molar-refractivity contribution is 0.0951. The van der Waals surface area contributed by atoms with E-state index in [0.717, 1.165) is 16.6 Å². The predicted octanol–water partition coefficient (Wildman–Crippen LogP) is 3.49. The maximum absolute atomic E-state index is 12.6. The first-order chi connectivity index (χ1) is 13.6. The Morgan fingerprint density at radius 2 is 2.00 bits per heavy atom. The summed E-state index contributed by atoms with van der Waals surface area (Å²) in [7, 11) is 0. The van der Waals surface area contributed by atoms with Crippen molar-refractivity contribution in [2.75, 3.05) is 0 Å². The van der Waals surface area contributed by atoms with Crippen molar-refractivity contribution in [2.24, 2.45) is 0 Å². The van der Waals surface area contributed by atoms with E-state index in [1.54, 1.807) is 24.5 Å². The number of rotatable bonds is 5. The Morgan fingerprint density at radius 1 is 1.18 bits per heavy atom. The van der Waals surface area contributed by atoms with Gasteiger partial charge < -0.3 is 10.3 Å². The number of carbonyl (C=O) groups is 1. The van der Waals surface area contributed by atoms with E-state index in [2.05, 4.69) is 15.3 Å². The third-order valence-electron chi connectivity index (χ3n) is 4.32. The monoisotopic (exact) mass is 408 g/mol. The number of pyridine rings is 1. The van der Waals surface area contributed by atoms with Gasteiger partial charge in [-0.1, -0.05) is 18.2 Å². The molecule has 0 saturated carbocycles. The zero-order valence-electron chi connectivity index (χ0n) is 14.7. The maximum Gasteiger partial charge on any atom is 0.272 e. The number of H-pyrrole nitrogens is 1. The van der Waals surface area contributed by atoms with Gasteiger partial charge in [0.1, 0.15) is 4.70 Å². The van der Waals surface area contributed by atoms with Gasteiger partial charge in [0, 0.05) is 24.5 Å². The van der Waals surface area contributed by atoms with Crippen molar-refractivity contribution in [3.63, 3.8) is 0 Å². The third-order valence-corrected chi connectivity index (χ3v) is 5.55. The van der Waals surface area contributed by atoms with Gasteiger partial charge in [-0.05, 0) is 53.0 Å². The van der Waals surface area contributed by atoms with Gasteiger partial charge in [-0.25, -0.2) is 0 Å². The minimum Gasteiger partial charge on any atom is -0.348 e. The molecule has 140 valence electrons. The highest BCUT2D eigenvalue weighted by Crippen LogP contribution is 2.15. The smallest absolute Gasteiger partial charge is 0.272 e. The van der Waals surface area contributed by atoms with Crippen molar-refractivity contribution in [2.45, 2.75) is 13.1 Å². The predicted molar refractivity (Wildman–Crippen MR) is 112 cm³/mol. The molecule has 0 aliphatic carbocycles. The van der Waals surface area contributed by atoms with E-state index in [4.69, 9.17) is 12.2 Å². The first-order valence-electron chi connectivity index (χ1n) is 8.58. The fraction of sp³-hybridized carbons (Fsp3) is 0.100. The van der Waals surface area contributed by atoms with Crippen LogP contribution in [0.5, 0.6) is 0 Å². The van der Waals surface area contributed by atoms with Crippen molar-refractivity contribution in [3.8, 4) is 0 Å². The number of aromatic nitrogens is 3. The Bertz CT molecular complexity index is 1240. The summed E-state index contributed by atoms with van der Waals surface area (Å²) < 4.78 is 2.57. The first-order valence-corrected chi connectivity index (χ1v) is 9.87. The topological polar surface area (TPSA) is 79.8 Å². The number of hydrogen-bond donors (Lipinski definition) is 2. The van der Waals surface area contributed by atoms with Crippen molar-refractivity contribution in [1.29, 1.82) is 0 Å². The SMILES string of the molecule is O=C(NCc1cccnc1)c1ccc(Cn2c(=S)[nH]c3ccsc3c2=O)cc1. The quantitative estimate of drug-likeness (QED) is 0.496. The number of fused-ring (bicyclic) bond motifs is 1. The van der Waals surface area contributed by atoms with Crippen molar-refractivity contribution >= 4 is 39.7 Å². The largest absolute Gasteiger partial charge is 0.348 e. The molecule has 0 atom stereocenters. The van der Waals surface area contributed by atoms with E-state index in [9.17, 15) is 9.59 Å². The molecule has 4 rings (SSSR count). The molecule has 4 aromatic rings. The number of benzene rings is 1. The van der Waals surface area contributed by atoms with E-state index < -0.39 is 0 Å². The van der Waals surface area contributed by atoms with E-state index in [-0.39, 0.29) is 11.5 Å². The molecule has 0 unspecified atom stereocenters. The average Bonchev–Trinajstić information content (AvgIpc) is 3.19. The van der Waals surface area contributed by atoms with Crippen LogP contribution in [-0.4, -0.2) is 20.4 Å². The van der Waals surface area contributed by atoms with E-state index in [1.165, 1.54) is 15.9 Å². The van der Waals surface area contributed by atoms with Gasteiger partial charge in [-0.15, -0.1) is 11.3 Å². The summed E-state index contributed by atoms with van der Waals surface area (Å²) in [5, 5.41) is 4.73. The number of thiophene rings is 1. The average molecular weight is 409 g/mol. The molecule has 3 aromatic heterocycles. The summed E-state index contributed by atoms with van der Waals surface area (Å²) in [6, 6.07) is 12.7. The molecule has 3 heterocycles. The number of aromatic amines is 1. The Labute approximate surface area is 169 Å². The Morgan fingerprint density at radius 3 is 2.75 bits per heavy atom. The number of carbonyl (C=O) groups excluding carboxylic acids is 1. The summed E-state index contributed by atoms with van der Waals surface area (Å²) in [5.74, 6) is -0.162. The van der Waals surface area contributed by atoms with Crippen molar-refractivity contribution in [3.05, 3.63) is 92.1 Å². The Hall–Kier alpha value is -3.10. The lowest BCUT2D eigenvalue weighted by Crippen LogP contribution is -2.23. The summed E-state index contributed by atoms with van der Waals surface area (Å²) in [5.41, 5.74) is 3.04. The Balaban J connectivity index is 1.48. The molecule has 1 aromatic carbocycles. The lowest BCUT2D eigenvalue weighted by atomic mass is 10.1. The van der Waals surface area contributed by atoms with Crippen LogP contribution in [0.15, 0.2) is 65.0 Å². The third kappa shape index (κ3) is 3.78. The second-order valence-electron chi connectivity index (χ2n) is 6.23. The Kier molecular flexibility index (Phi) is 5.14. The van der Waals surface area contributed by atoms with Crippen LogP contribution in [0.25, 0.3) is 10.2 Å². The van der Waals surface area contributed by atoms with Crippen LogP contribution in [0.3, 0.4) is 0 Å². The van der Waals surface area contributed by atoms with Crippen LogP contribution in [-0.2, 0) is 13.1 Å². The summed E-state index contributed by atoms with van der Waals surface area (Å²) in [6.07, 6.45) is 3.41. The second-order valence-corrected chi connectivity index (χ2v) is 7.53. The van der Waals surface area contributed by atoms with Gasteiger partial charge in [-0.3, -0.25) is 19.1 Å². The van der Waals surface area contributed by atoms with Crippen LogP contribution in [0.4, 0.5) is 0 Å². The second kappa shape index (κ2) is 7.87. The molecule has 0 bridgehead atoms. The van der Waals surface area contributed by atoms with Gasteiger partial charge in [0.25, 0.3) is 11.5 Å². The van der Waals surface area contributed by atoms with E-state index in [1.807, 2.05) is 35.7 Å². The summed E-state index contributed by atoms with van der Waals surface area (Å²) in [4.78, 5) is 32.0. The van der Waals surface area contributed by atoms with Crippen molar-refractivity contribution < 1.29 is 4.79 Å². The van der Waals surface area contributed by atoms with Crippen molar-refractivity contribution in [1.82, 2.24) is 19.9 Å². The highest BCUT2D eigenvalue weighted by molar-refractivity contribution is 7.71. The van der Waals surface area contributed by atoms with Gasteiger partial charge in [0.2, 0.25) is 0 Å². The first kappa shape index (κ1) is 18.3. The molecule has 0 aliphatic heterocycles. The molecule has 6 nitrogen and oxygen atoms in total. The molecule has 0 aliphatic rings. The molecule has 0 saturated heterocycles. The molecule has 2 N–H and O–H groups in total. The highest BCUT2D eigenvalue weighted by Gasteiger charge is 2.09. The van der Waals surface area contributed by atoms with Gasteiger partial charge >= 0.3 is 0 Å². The zero-order valence-corrected chi connectivity index (χ0v) is 16.3. The molecule has 28 heavy (non-hydrogen) atoms. The summed E-state index contributed by atoms with van der Waals surface area (Å²) in [6.45, 7) is 0.763. The van der Waals surface area contributed by atoms with Crippen LogP contribution < -0.4 is 10.9 Å². The van der Waals surface area contributed by atoms with Crippen LogP contribution in [0.1, 0.15) is 21.5 Å². The van der Waals surface area contributed by atoms with Gasteiger partial charge in [0.15, 0.2) is 4.77 Å². The van der Waals surface area contributed by atoms with E-state index in [0.29, 0.717) is 28.1 Å². The molecular weight excluding hydrogens is 392 g/mol. The van der Waals surface area contributed by atoms with E-state index >= 15 is 0 Å². The minimum absolute atomic E-state index is 0.105. The molecule has 0 radical (unpaired) electrons. The van der Waals surface area contributed by atoms with Crippen LogP contribution in [0, 0.1) is 4.77 Å². The summed E-state index contributed by atoms with van der Waals surface area (Å²) >= 11 is 6.71. The fourth-order valence-electron chi connectivity index (χ4n) is 2.85. The zero-order chi connectivity index (χ0) is 19.5. The highest BCUT2D eigenvalue weighted by atomic mass is 32.1. The van der Waals surface area contributed by atoms with Gasteiger partial charge in [-0.2, -0.15) is 0 Å². The number of hydrogen-bond acceptors (Lipinski definition) is 5. The number of nitrogens with zero attached hydrogens (tertiary/aromatic N) is 2. The molecule has 8 heteroatoms. The van der Waals surface area contributed by atoms with Crippen LogP contribution >= 0.6 is 23.6 Å². The molecule has 1 amide bonds. The maximum atomic E-state index is 12.6. The standard InChI is InChI=1S/C20H16N4O2S2/c25-18(22-11-14-2-1-8-21-10-14)15-5-3-13(4-6-15)12-24-19(26)17-16(7-9-28-17)23-20(24)27/h1-10H,11-12H2,(H,22,25)(H,23,27). The molecular formula is C20H16N4O2S2. The minimum atomic E-state index is -0.162. The van der Waals surface area contributed by atoms with Gasteiger partial charge in [0.05, 0.1) is 12.1 Å². The molecule has 0 spiro atoms. The fourth-order valence-corrected chi connectivity index (χ4v) is 3.90. The van der Waals surface area contributed by atoms with Crippen LogP contribution in [0.2, 0.25) is 0 Å². The lowest BCUT2D eigenvalue weighted by Gasteiger charge is -2.08.